The van der Waals surface area contributed by atoms with Crippen molar-refractivity contribution in [2.75, 3.05) is 5.06 Å². The van der Waals surface area contributed by atoms with E-state index in [2.05, 4.69) is 13.8 Å². The fourth-order valence-corrected chi connectivity index (χ4v) is 1.66. The van der Waals surface area contributed by atoms with Gasteiger partial charge in [-0.25, -0.2) is 5.06 Å². The zero-order valence-electron chi connectivity index (χ0n) is 9.30. The summed E-state index contributed by atoms with van der Waals surface area (Å²) in [6.07, 6.45) is 0. The third kappa shape index (κ3) is 2.10. The minimum Gasteiger partial charge on any atom is -0.506 e. The van der Waals surface area contributed by atoms with Gasteiger partial charge < -0.3 is 5.11 Å². The van der Waals surface area contributed by atoms with E-state index in [1.807, 2.05) is 6.07 Å². The van der Waals surface area contributed by atoms with Gasteiger partial charge in [0.2, 0.25) is 0 Å². The SMILES string of the molecule is [CH2]c1ccccc1N(O)c1c([CH2])cccc1O. The number of benzene rings is 2. The topological polar surface area (TPSA) is 43.7 Å². The van der Waals surface area contributed by atoms with E-state index in [1.54, 1.807) is 30.3 Å². The highest BCUT2D eigenvalue weighted by Gasteiger charge is 2.14. The van der Waals surface area contributed by atoms with Crippen molar-refractivity contribution in [2.45, 2.75) is 0 Å². The van der Waals surface area contributed by atoms with Crippen molar-refractivity contribution >= 4 is 11.4 Å². The molecule has 0 heterocycles. The zero-order chi connectivity index (χ0) is 12.4. The molecule has 0 aromatic heterocycles. The molecule has 0 spiro atoms. The lowest BCUT2D eigenvalue weighted by atomic mass is 10.1. The van der Waals surface area contributed by atoms with Gasteiger partial charge in [0, 0.05) is 0 Å². The van der Waals surface area contributed by atoms with Gasteiger partial charge in [-0.15, -0.1) is 0 Å². The van der Waals surface area contributed by atoms with Crippen LogP contribution in [0.4, 0.5) is 11.4 Å². The third-order valence-electron chi connectivity index (χ3n) is 2.53. The molecule has 3 heteroatoms. The quantitative estimate of drug-likeness (QED) is 0.774. The molecule has 86 valence electrons. The van der Waals surface area contributed by atoms with Gasteiger partial charge in [-0.05, 0) is 37.1 Å². The van der Waals surface area contributed by atoms with E-state index >= 15 is 0 Å². The second-order valence-corrected chi connectivity index (χ2v) is 3.73. The first-order chi connectivity index (χ1) is 8.11. The summed E-state index contributed by atoms with van der Waals surface area (Å²) in [5, 5.41) is 20.8. The largest absolute Gasteiger partial charge is 0.506 e. The fraction of sp³-hybridized carbons (Fsp3) is 0. The molecule has 0 bridgehead atoms. The number of nitrogens with zero attached hydrogens (tertiary/aromatic N) is 1. The number of para-hydroxylation sites is 2. The Morgan fingerprint density at radius 1 is 0.882 bits per heavy atom. The summed E-state index contributed by atoms with van der Waals surface area (Å²) in [4.78, 5) is 0. The molecule has 0 aliphatic carbocycles. The predicted octanol–water partition coefficient (Wildman–Crippen LogP) is 3.28. The van der Waals surface area contributed by atoms with Crippen molar-refractivity contribution in [1.82, 2.24) is 0 Å². The molecular weight excluding hydrogens is 214 g/mol. The van der Waals surface area contributed by atoms with Crippen LogP contribution in [0, 0.1) is 13.8 Å². The number of hydrogen-bond acceptors (Lipinski definition) is 3. The molecule has 0 saturated carbocycles. The van der Waals surface area contributed by atoms with Crippen LogP contribution in [0.3, 0.4) is 0 Å². The Kier molecular flexibility index (Phi) is 3.02. The Balaban J connectivity index is 2.51. The van der Waals surface area contributed by atoms with Crippen molar-refractivity contribution in [3.05, 3.63) is 67.4 Å². The van der Waals surface area contributed by atoms with Gasteiger partial charge >= 0.3 is 0 Å². The molecule has 2 N–H and O–H groups in total. The summed E-state index contributed by atoms with van der Waals surface area (Å²) in [5.74, 6) is -0.0248. The first kappa shape index (κ1) is 11.5. The monoisotopic (exact) mass is 227 g/mol. The van der Waals surface area contributed by atoms with E-state index in [4.69, 9.17) is 0 Å². The summed E-state index contributed by atoms with van der Waals surface area (Å²) in [6.45, 7) is 7.60. The van der Waals surface area contributed by atoms with Crippen LogP contribution in [0.25, 0.3) is 0 Å². The van der Waals surface area contributed by atoms with Crippen LogP contribution in [0.1, 0.15) is 11.1 Å². The van der Waals surface area contributed by atoms with Crippen LogP contribution in [0.15, 0.2) is 42.5 Å². The molecule has 0 aliphatic rings. The number of phenolic OH excluding ortho intramolecular Hbond substituents is 1. The minimum absolute atomic E-state index is 0.0248. The Labute approximate surface area is 101 Å². The normalized spacial score (nSPS) is 10.3. The average molecular weight is 227 g/mol. The molecule has 0 unspecified atom stereocenters. The second kappa shape index (κ2) is 4.47. The van der Waals surface area contributed by atoms with Gasteiger partial charge in [-0.2, -0.15) is 0 Å². The predicted molar refractivity (Wildman–Crippen MR) is 67.4 cm³/mol. The molecule has 2 radical (unpaired) electrons. The van der Waals surface area contributed by atoms with E-state index < -0.39 is 0 Å². The first-order valence-corrected chi connectivity index (χ1v) is 5.15. The van der Waals surface area contributed by atoms with Gasteiger partial charge in [0.1, 0.15) is 11.4 Å². The number of anilines is 2. The summed E-state index contributed by atoms with van der Waals surface area (Å²) in [7, 11) is 0. The lowest BCUT2D eigenvalue weighted by Crippen LogP contribution is -2.13. The van der Waals surface area contributed by atoms with Gasteiger partial charge in [0.25, 0.3) is 0 Å². The van der Waals surface area contributed by atoms with Crippen LogP contribution in [0.5, 0.6) is 5.75 Å². The molecule has 0 aliphatic heterocycles. The average Bonchev–Trinajstić information content (AvgIpc) is 2.29. The maximum absolute atomic E-state index is 10.1. The number of aromatic hydroxyl groups is 1. The van der Waals surface area contributed by atoms with Crippen molar-refractivity contribution in [3.63, 3.8) is 0 Å². The Hall–Kier alpha value is -2.00. The maximum Gasteiger partial charge on any atom is 0.141 e. The van der Waals surface area contributed by atoms with E-state index in [0.29, 0.717) is 16.8 Å². The van der Waals surface area contributed by atoms with Crippen molar-refractivity contribution < 1.29 is 10.3 Å². The second-order valence-electron chi connectivity index (χ2n) is 3.73. The lowest BCUT2D eigenvalue weighted by molar-refractivity contribution is 0.296. The van der Waals surface area contributed by atoms with Gasteiger partial charge in [0.05, 0.1) is 5.69 Å². The molecule has 0 atom stereocenters. The van der Waals surface area contributed by atoms with Crippen molar-refractivity contribution in [3.8, 4) is 5.75 Å². The molecule has 3 nitrogen and oxygen atoms in total. The molecule has 2 rings (SSSR count). The first-order valence-electron chi connectivity index (χ1n) is 5.15. The van der Waals surface area contributed by atoms with E-state index in [0.717, 1.165) is 5.06 Å². The molecule has 17 heavy (non-hydrogen) atoms. The Bertz CT molecular complexity index is 517. The minimum atomic E-state index is -0.0248. The summed E-state index contributed by atoms with van der Waals surface area (Å²) in [5.41, 5.74) is 1.98. The molecule has 0 saturated heterocycles. The van der Waals surface area contributed by atoms with Crippen LogP contribution in [-0.2, 0) is 0 Å². The fourth-order valence-electron chi connectivity index (χ4n) is 1.66. The van der Waals surface area contributed by atoms with Gasteiger partial charge in [-0.1, -0.05) is 30.3 Å². The number of hydrogen-bond donors (Lipinski definition) is 2. The van der Waals surface area contributed by atoms with Crippen LogP contribution >= 0.6 is 0 Å². The highest BCUT2D eigenvalue weighted by atomic mass is 16.5. The van der Waals surface area contributed by atoms with Crippen LogP contribution in [-0.4, -0.2) is 10.3 Å². The molecule has 0 amide bonds. The summed E-state index contributed by atoms with van der Waals surface area (Å²) in [6, 6.07) is 12.0. The van der Waals surface area contributed by atoms with Crippen molar-refractivity contribution in [2.24, 2.45) is 0 Å². The van der Waals surface area contributed by atoms with E-state index in [-0.39, 0.29) is 11.4 Å². The highest BCUT2D eigenvalue weighted by molar-refractivity contribution is 5.72. The molecular formula is C14H13NO2. The number of phenols is 1. The van der Waals surface area contributed by atoms with Crippen LogP contribution < -0.4 is 5.06 Å². The lowest BCUT2D eigenvalue weighted by Gasteiger charge is -2.21. The maximum atomic E-state index is 10.1. The zero-order valence-corrected chi connectivity index (χ0v) is 9.30. The standard InChI is InChI=1S/C14H13NO2/c1-10-6-3-4-8-12(10)15(17)14-11(2)7-5-9-13(14)16/h3-9,16-17H,1-2H2. The smallest absolute Gasteiger partial charge is 0.141 e. The van der Waals surface area contributed by atoms with E-state index in [9.17, 15) is 10.3 Å². The third-order valence-corrected chi connectivity index (χ3v) is 2.53. The Morgan fingerprint density at radius 2 is 1.53 bits per heavy atom. The molecule has 2 aromatic rings. The Morgan fingerprint density at radius 3 is 2.18 bits per heavy atom. The molecule has 0 fully saturated rings. The summed E-state index contributed by atoms with van der Waals surface area (Å²) >= 11 is 0. The highest BCUT2D eigenvalue weighted by Crippen LogP contribution is 2.35. The molecule has 2 aromatic carbocycles. The van der Waals surface area contributed by atoms with Gasteiger partial charge in [0.15, 0.2) is 0 Å². The summed E-state index contributed by atoms with van der Waals surface area (Å²) < 4.78 is 0. The number of rotatable bonds is 2. The van der Waals surface area contributed by atoms with E-state index in [1.165, 1.54) is 6.07 Å². The van der Waals surface area contributed by atoms with Crippen molar-refractivity contribution in [1.29, 1.82) is 0 Å². The van der Waals surface area contributed by atoms with Crippen LogP contribution in [0.2, 0.25) is 0 Å². The van der Waals surface area contributed by atoms with Gasteiger partial charge in [-0.3, -0.25) is 5.21 Å².